The van der Waals surface area contributed by atoms with Crippen molar-refractivity contribution in [3.05, 3.63) is 52.7 Å². The van der Waals surface area contributed by atoms with Crippen LogP contribution in [0.5, 0.6) is 0 Å². The van der Waals surface area contributed by atoms with Gasteiger partial charge < -0.3 is 9.80 Å². The normalized spacial score (nSPS) is 19.5. The van der Waals surface area contributed by atoms with Gasteiger partial charge in [-0.25, -0.2) is 9.37 Å². The van der Waals surface area contributed by atoms with E-state index in [1.807, 2.05) is 11.0 Å². The number of aromatic nitrogens is 2. The topological polar surface area (TPSA) is 58.4 Å². The molecular formula is C18H19FN4O2S. The monoisotopic (exact) mass is 374 g/mol. The first kappa shape index (κ1) is 17.1. The molecule has 0 saturated carbocycles. The number of thioether (sulfide) groups is 1. The third-order valence-corrected chi connectivity index (χ3v) is 5.96. The van der Waals surface area contributed by atoms with E-state index in [0.29, 0.717) is 49.2 Å². The largest absolute Gasteiger partial charge is 0.366 e. The van der Waals surface area contributed by atoms with Gasteiger partial charge in [0, 0.05) is 50.6 Å². The Morgan fingerprint density at radius 1 is 1.19 bits per heavy atom. The molecule has 3 heterocycles. The van der Waals surface area contributed by atoms with Gasteiger partial charge in [-0.3, -0.25) is 14.2 Å². The van der Waals surface area contributed by atoms with E-state index in [2.05, 4.69) is 4.98 Å². The summed E-state index contributed by atoms with van der Waals surface area (Å²) in [6, 6.07) is 7.99. The SMILES string of the molecule is O=C(C[C@@H]1CSc2nccc(=O)n21)N1CCN(c2ccccc2F)CC1. The summed E-state index contributed by atoms with van der Waals surface area (Å²) in [5, 5.41) is 0.680. The molecule has 0 spiro atoms. The molecule has 2 aromatic rings. The molecule has 1 fully saturated rings. The van der Waals surface area contributed by atoms with Crippen LogP contribution in [-0.4, -0.2) is 52.3 Å². The highest BCUT2D eigenvalue weighted by atomic mass is 32.2. The van der Waals surface area contributed by atoms with E-state index in [4.69, 9.17) is 0 Å². The molecule has 0 N–H and O–H groups in total. The van der Waals surface area contributed by atoms with Crippen molar-refractivity contribution in [1.82, 2.24) is 14.5 Å². The Morgan fingerprint density at radius 2 is 1.96 bits per heavy atom. The molecule has 2 aliphatic rings. The Morgan fingerprint density at radius 3 is 2.73 bits per heavy atom. The van der Waals surface area contributed by atoms with Crippen molar-refractivity contribution >= 4 is 23.4 Å². The van der Waals surface area contributed by atoms with Gasteiger partial charge >= 0.3 is 0 Å². The van der Waals surface area contributed by atoms with Crippen LogP contribution in [0.3, 0.4) is 0 Å². The van der Waals surface area contributed by atoms with Gasteiger partial charge in [-0.05, 0) is 12.1 Å². The molecule has 6 nitrogen and oxygen atoms in total. The fourth-order valence-corrected chi connectivity index (χ4v) is 4.60. The van der Waals surface area contributed by atoms with Gasteiger partial charge in [-0.15, -0.1) is 0 Å². The predicted octanol–water partition coefficient (Wildman–Crippen LogP) is 1.77. The highest BCUT2D eigenvalue weighted by Crippen LogP contribution is 2.32. The van der Waals surface area contributed by atoms with Gasteiger partial charge in [-0.1, -0.05) is 23.9 Å². The van der Waals surface area contributed by atoms with E-state index < -0.39 is 0 Å². The smallest absolute Gasteiger partial charge is 0.254 e. The number of piperazine rings is 1. The molecule has 1 aromatic carbocycles. The lowest BCUT2D eigenvalue weighted by atomic mass is 10.2. The first-order chi connectivity index (χ1) is 12.6. The summed E-state index contributed by atoms with van der Waals surface area (Å²) in [5.41, 5.74) is 0.473. The van der Waals surface area contributed by atoms with Crippen molar-refractivity contribution < 1.29 is 9.18 Å². The molecule has 1 atom stereocenters. The molecule has 4 rings (SSSR count). The van der Waals surface area contributed by atoms with E-state index >= 15 is 0 Å². The third kappa shape index (κ3) is 3.21. The summed E-state index contributed by atoms with van der Waals surface area (Å²) in [4.78, 5) is 32.7. The predicted molar refractivity (Wildman–Crippen MR) is 98.1 cm³/mol. The lowest BCUT2D eigenvalue weighted by Gasteiger charge is -2.36. The second-order valence-corrected chi connectivity index (χ2v) is 7.41. The highest BCUT2D eigenvalue weighted by Gasteiger charge is 2.30. The lowest BCUT2D eigenvalue weighted by molar-refractivity contribution is -0.132. The van der Waals surface area contributed by atoms with Gasteiger partial charge in [0.1, 0.15) is 5.82 Å². The molecule has 136 valence electrons. The van der Waals surface area contributed by atoms with Crippen molar-refractivity contribution in [2.75, 3.05) is 36.8 Å². The van der Waals surface area contributed by atoms with Crippen LogP contribution in [0.15, 0.2) is 46.5 Å². The third-order valence-electron chi connectivity index (χ3n) is 4.85. The van der Waals surface area contributed by atoms with Crippen molar-refractivity contribution in [2.24, 2.45) is 0 Å². The number of para-hydroxylation sites is 1. The van der Waals surface area contributed by atoms with Gasteiger partial charge in [0.25, 0.3) is 5.56 Å². The van der Waals surface area contributed by atoms with Crippen LogP contribution >= 0.6 is 11.8 Å². The number of hydrogen-bond acceptors (Lipinski definition) is 5. The number of fused-ring (bicyclic) bond motifs is 1. The Kier molecular flexibility index (Phi) is 4.67. The lowest BCUT2D eigenvalue weighted by Crippen LogP contribution is -2.49. The van der Waals surface area contributed by atoms with Gasteiger partial charge in [-0.2, -0.15) is 0 Å². The minimum atomic E-state index is -0.237. The fourth-order valence-electron chi connectivity index (χ4n) is 3.48. The van der Waals surface area contributed by atoms with E-state index in [1.54, 1.807) is 21.6 Å². The van der Waals surface area contributed by atoms with Gasteiger partial charge in [0.15, 0.2) is 5.16 Å². The van der Waals surface area contributed by atoms with Crippen molar-refractivity contribution in [2.45, 2.75) is 17.6 Å². The van der Waals surface area contributed by atoms with Crippen LogP contribution in [-0.2, 0) is 4.79 Å². The average Bonchev–Trinajstić information content (AvgIpc) is 3.06. The number of hydrogen-bond donors (Lipinski definition) is 0. The summed E-state index contributed by atoms with van der Waals surface area (Å²) < 4.78 is 15.5. The number of amides is 1. The Bertz CT molecular complexity index is 879. The minimum Gasteiger partial charge on any atom is -0.366 e. The zero-order valence-electron chi connectivity index (χ0n) is 14.2. The number of benzene rings is 1. The molecule has 0 bridgehead atoms. The molecule has 0 radical (unpaired) electrons. The quantitative estimate of drug-likeness (QED) is 0.767. The van der Waals surface area contributed by atoms with Crippen LogP contribution in [0.25, 0.3) is 0 Å². The number of nitrogens with zero attached hydrogens (tertiary/aromatic N) is 4. The summed E-state index contributed by atoms with van der Waals surface area (Å²) >= 11 is 1.51. The number of halogens is 1. The van der Waals surface area contributed by atoms with Crippen molar-refractivity contribution in [3.8, 4) is 0 Å². The zero-order chi connectivity index (χ0) is 18.1. The average molecular weight is 374 g/mol. The minimum absolute atomic E-state index is 0.0346. The molecule has 26 heavy (non-hydrogen) atoms. The van der Waals surface area contributed by atoms with Crippen LogP contribution < -0.4 is 10.5 Å². The maximum Gasteiger partial charge on any atom is 0.254 e. The number of anilines is 1. The van der Waals surface area contributed by atoms with Crippen LogP contribution in [0.4, 0.5) is 10.1 Å². The van der Waals surface area contributed by atoms with Gasteiger partial charge in [0.2, 0.25) is 5.91 Å². The second-order valence-electron chi connectivity index (χ2n) is 6.42. The molecule has 0 unspecified atom stereocenters. The summed E-state index contributed by atoms with van der Waals surface area (Å²) in [6.45, 7) is 2.32. The van der Waals surface area contributed by atoms with Crippen molar-refractivity contribution in [1.29, 1.82) is 0 Å². The van der Waals surface area contributed by atoms with E-state index in [0.717, 1.165) is 0 Å². The van der Waals surface area contributed by atoms with Gasteiger partial charge in [0.05, 0.1) is 11.7 Å². The number of carbonyl (C=O) groups excluding carboxylic acids is 1. The van der Waals surface area contributed by atoms with Crippen LogP contribution in [0, 0.1) is 5.82 Å². The first-order valence-corrected chi connectivity index (χ1v) is 9.59. The Balaban J connectivity index is 1.38. The van der Waals surface area contributed by atoms with Crippen molar-refractivity contribution in [3.63, 3.8) is 0 Å². The van der Waals surface area contributed by atoms with Crippen LogP contribution in [0.1, 0.15) is 12.5 Å². The number of rotatable bonds is 3. The molecule has 0 aliphatic carbocycles. The standard InChI is InChI=1S/C18H19FN4O2S/c19-14-3-1-2-4-15(14)21-7-9-22(10-8-21)17(25)11-13-12-26-18-20-6-5-16(24)23(13)18/h1-6,13H,7-12H2/t13-/m1/s1. The maximum atomic E-state index is 13.9. The summed E-state index contributed by atoms with van der Waals surface area (Å²) in [5.74, 6) is 0.485. The first-order valence-electron chi connectivity index (χ1n) is 8.61. The van der Waals surface area contributed by atoms with E-state index in [9.17, 15) is 14.0 Å². The van der Waals surface area contributed by atoms with E-state index in [1.165, 1.54) is 30.1 Å². The summed E-state index contributed by atoms with van der Waals surface area (Å²) in [7, 11) is 0. The Hall–Kier alpha value is -2.35. The molecular weight excluding hydrogens is 355 g/mol. The van der Waals surface area contributed by atoms with E-state index in [-0.39, 0.29) is 23.3 Å². The fraction of sp³-hybridized carbons (Fsp3) is 0.389. The Labute approximate surface area is 154 Å². The molecule has 1 amide bonds. The molecule has 1 aromatic heterocycles. The molecule has 2 aliphatic heterocycles. The number of carbonyl (C=O) groups is 1. The highest BCUT2D eigenvalue weighted by molar-refractivity contribution is 7.99. The zero-order valence-corrected chi connectivity index (χ0v) is 15.0. The molecule has 8 heteroatoms. The maximum absolute atomic E-state index is 13.9. The van der Waals surface area contributed by atoms with Crippen LogP contribution in [0.2, 0.25) is 0 Å². The second kappa shape index (κ2) is 7.11. The molecule has 1 saturated heterocycles. The summed E-state index contributed by atoms with van der Waals surface area (Å²) in [6.07, 6.45) is 1.80.